The zero-order chi connectivity index (χ0) is 19.6. The molecule has 3 rings (SSSR count). The Morgan fingerprint density at radius 3 is 2.67 bits per heavy atom. The molecule has 1 aliphatic rings. The Bertz CT molecular complexity index is 920. The van der Waals surface area contributed by atoms with Crippen LogP contribution in [0.3, 0.4) is 0 Å². The van der Waals surface area contributed by atoms with Crippen molar-refractivity contribution in [3.8, 4) is 5.69 Å². The Morgan fingerprint density at radius 2 is 1.96 bits per heavy atom. The lowest BCUT2D eigenvalue weighted by Crippen LogP contribution is -2.29. The van der Waals surface area contributed by atoms with Crippen LogP contribution in [-0.4, -0.2) is 40.9 Å². The van der Waals surface area contributed by atoms with Crippen molar-refractivity contribution >= 4 is 29.0 Å². The number of halogens is 1. The van der Waals surface area contributed by atoms with Crippen molar-refractivity contribution < 1.29 is 18.7 Å². The summed E-state index contributed by atoms with van der Waals surface area (Å²) in [6.07, 6.45) is 2.31. The average Bonchev–Trinajstić information content (AvgIpc) is 3.06. The molecule has 0 atom stereocenters. The van der Waals surface area contributed by atoms with E-state index in [2.05, 4.69) is 0 Å². The number of methoxy groups -OCH3 is 1. The Morgan fingerprint density at radius 1 is 1.22 bits per heavy atom. The molecule has 0 spiro atoms. The van der Waals surface area contributed by atoms with Gasteiger partial charge in [-0.3, -0.25) is 14.5 Å². The third-order valence-electron chi connectivity index (χ3n) is 4.45. The molecule has 0 aliphatic carbocycles. The predicted molar refractivity (Wildman–Crippen MR) is 104 cm³/mol. The molecular weight excluding hydrogens is 367 g/mol. The lowest BCUT2D eigenvalue weighted by Gasteiger charge is -2.11. The van der Waals surface area contributed by atoms with Crippen LogP contribution in [0.5, 0.6) is 0 Å². The summed E-state index contributed by atoms with van der Waals surface area (Å²) < 4.78 is 21.0. The fourth-order valence-electron chi connectivity index (χ4n) is 3.14. The van der Waals surface area contributed by atoms with Gasteiger partial charge in [-0.15, -0.1) is 0 Å². The van der Waals surface area contributed by atoms with Gasteiger partial charge in [0.2, 0.25) is 0 Å². The number of nitrogens with zero attached hydrogens (tertiary/aromatic N) is 2. The molecule has 0 saturated carbocycles. The Kier molecular flexibility index (Phi) is 5.82. The first-order chi connectivity index (χ1) is 12.9. The van der Waals surface area contributed by atoms with Crippen molar-refractivity contribution in [1.82, 2.24) is 9.47 Å². The van der Waals surface area contributed by atoms with E-state index >= 15 is 0 Å². The number of thioether (sulfide) groups is 1. The van der Waals surface area contributed by atoms with Crippen LogP contribution in [0.15, 0.2) is 35.2 Å². The number of benzene rings is 1. The van der Waals surface area contributed by atoms with Crippen molar-refractivity contribution in [3.05, 3.63) is 58.0 Å². The fraction of sp³-hybridized carbons (Fsp3) is 0.300. The fourth-order valence-corrected chi connectivity index (χ4v) is 3.99. The van der Waals surface area contributed by atoms with E-state index in [1.165, 1.54) is 11.0 Å². The number of aromatic nitrogens is 1. The van der Waals surface area contributed by atoms with Crippen LogP contribution >= 0.6 is 11.8 Å². The van der Waals surface area contributed by atoms with Gasteiger partial charge in [-0.1, -0.05) is 12.1 Å². The minimum Gasteiger partial charge on any atom is -0.385 e. The first-order valence-corrected chi connectivity index (χ1v) is 9.44. The minimum absolute atomic E-state index is 0.273. The molecule has 1 aliphatic heterocycles. The third-order valence-corrected chi connectivity index (χ3v) is 5.36. The molecule has 5 nitrogen and oxygen atoms in total. The van der Waals surface area contributed by atoms with E-state index in [0.717, 1.165) is 28.7 Å². The quantitative estimate of drug-likeness (QED) is 0.547. The molecule has 2 amide bonds. The molecule has 2 heterocycles. The maximum atomic E-state index is 14.2. The second-order valence-electron chi connectivity index (χ2n) is 6.29. The van der Waals surface area contributed by atoms with Crippen molar-refractivity contribution in [3.63, 3.8) is 0 Å². The molecule has 142 valence electrons. The second kappa shape index (κ2) is 8.10. The average molecular weight is 388 g/mol. The van der Waals surface area contributed by atoms with Crippen LogP contribution < -0.4 is 0 Å². The smallest absolute Gasteiger partial charge is 0.293 e. The highest BCUT2D eigenvalue weighted by molar-refractivity contribution is 8.18. The normalized spacial score (nSPS) is 16.0. The van der Waals surface area contributed by atoms with Gasteiger partial charge in [-0.05, 0) is 61.9 Å². The molecule has 0 unspecified atom stereocenters. The molecule has 1 saturated heterocycles. The topological polar surface area (TPSA) is 51.5 Å². The summed E-state index contributed by atoms with van der Waals surface area (Å²) in [5.74, 6) is -0.610. The molecule has 7 heteroatoms. The van der Waals surface area contributed by atoms with Crippen LogP contribution in [0.1, 0.15) is 23.4 Å². The maximum absolute atomic E-state index is 14.2. The van der Waals surface area contributed by atoms with E-state index < -0.39 is 0 Å². The summed E-state index contributed by atoms with van der Waals surface area (Å²) in [6, 6.07) is 8.44. The molecule has 0 bridgehead atoms. The Hall–Kier alpha value is -2.38. The van der Waals surface area contributed by atoms with Gasteiger partial charge in [0.15, 0.2) is 0 Å². The van der Waals surface area contributed by atoms with Crippen LogP contribution in [0.2, 0.25) is 0 Å². The summed E-state index contributed by atoms with van der Waals surface area (Å²) in [6.45, 7) is 4.58. The van der Waals surface area contributed by atoms with Gasteiger partial charge in [-0.25, -0.2) is 4.39 Å². The van der Waals surface area contributed by atoms with Crippen LogP contribution in [0.4, 0.5) is 9.18 Å². The molecule has 0 N–H and O–H groups in total. The summed E-state index contributed by atoms with van der Waals surface area (Å²) >= 11 is 0.932. The number of imide groups is 1. The summed E-state index contributed by atoms with van der Waals surface area (Å²) in [5, 5.41) is -0.273. The number of amides is 2. The number of rotatable bonds is 6. The van der Waals surface area contributed by atoms with Gasteiger partial charge in [0, 0.05) is 31.6 Å². The van der Waals surface area contributed by atoms with E-state index in [4.69, 9.17) is 4.74 Å². The van der Waals surface area contributed by atoms with Gasteiger partial charge < -0.3 is 9.30 Å². The van der Waals surface area contributed by atoms with Gasteiger partial charge >= 0.3 is 0 Å². The molecule has 2 aromatic rings. The Balaban J connectivity index is 1.90. The van der Waals surface area contributed by atoms with Crippen molar-refractivity contribution in [2.45, 2.75) is 20.3 Å². The molecule has 0 radical (unpaired) electrons. The highest BCUT2D eigenvalue weighted by atomic mass is 32.2. The van der Waals surface area contributed by atoms with Gasteiger partial charge in [0.1, 0.15) is 5.82 Å². The molecule has 1 aromatic heterocycles. The lowest BCUT2D eigenvalue weighted by atomic mass is 10.2. The number of hydrogen-bond acceptors (Lipinski definition) is 4. The number of ether oxygens (including phenoxy) is 1. The standard InChI is InChI=1S/C20H21FN2O3S/c1-13-11-15(14(2)23(13)17-8-5-4-7-16(17)21)12-18-19(24)22(20(25)27-18)9-6-10-26-3/h4-5,7-8,11-12H,6,9-10H2,1-3H3/b18-12+. The van der Waals surface area contributed by atoms with Crippen LogP contribution in [-0.2, 0) is 9.53 Å². The lowest BCUT2D eigenvalue weighted by molar-refractivity contribution is -0.122. The second-order valence-corrected chi connectivity index (χ2v) is 7.29. The molecule has 1 fully saturated rings. The van der Waals surface area contributed by atoms with E-state index in [-0.39, 0.29) is 17.0 Å². The minimum atomic E-state index is -0.315. The first kappa shape index (κ1) is 19.4. The maximum Gasteiger partial charge on any atom is 0.293 e. The monoisotopic (exact) mass is 388 g/mol. The summed E-state index contributed by atoms with van der Waals surface area (Å²) in [4.78, 5) is 26.3. The van der Waals surface area contributed by atoms with Gasteiger partial charge in [0.25, 0.3) is 11.1 Å². The van der Waals surface area contributed by atoms with Gasteiger partial charge in [-0.2, -0.15) is 0 Å². The summed E-state index contributed by atoms with van der Waals surface area (Å²) in [7, 11) is 1.58. The number of carbonyl (C=O) groups excluding carboxylic acids is 2. The SMILES string of the molecule is COCCCN1C(=O)S/C(=C/c2cc(C)n(-c3ccccc3F)c2C)C1=O. The molecule has 27 heavy (non-hydrogen) atoms. The third kappa shape index (κ3) is 3.84. The van der Waals surface area contributed by atoms with E-state index in [0.29, 0.717) is 30.2 Å². The summed E-state index contributed by atoms with van der Waals surface area (Å²) in [5.41, 5.74) is 2.91. The number of aryl methyl sites for hydroxylation is 1. The molecule has 1 aromatic carbocycles. The van der Waals surface area contributed by atoms with E-state index in [1.54, 1.807) is 31.4 Å². The van der Waals surface area contributed by atoms with Crippen LogP contribution in [0.25, 0.3) is 11.8 Å². The highest BCUT2D eigenvalue weighted by Gasteiger charge is 2.34. The highest BCUT2D eigenvalue weighted by Crippen LogP contribution is 2.34. The zero-order valence-corrected chi connectivity index (χ0v) is 16.3. The number of hydrogen-bond donors (Lipinski definition) is 0. The first-order valence-electron chi connectivity index (χ1n) is 8.62. The van der Waals surface area contributed by atoms with Crippen molar-refractivity contribution in [2.24, 2.45) is 0 Å². The predicted octanol–water partition coefficient (Wildman–Crippen LogP) is 4.31. The van der Waals surface area contributed by atoms with Gasteiger partial charge in [0.05, 0.1) is 10.6 Å². The Labute approximate surface area is 161 Å². The zero-order valence-electron chi connectivity index (χ0n) is 15.5. The van der Waals surface area contributed by atoms with E-state index in [1.807, 2.05) is 24.5 Å². The van der Waals surface area contributed by atoms with E-state index in [9.17, 15) is 14.0 Å². The molecular formula is C20H21FN2O3S. The number of para-hydroxylation sites is 1. The van der Waals surface area contributed by atoms with Crippen LogP contribution in [0, 0.1) is 19.7 Å². The number of carbonyl (C=O) groups is 2. The van der Waals surface area contributed by atoms with Crippen molar-refractivity contribution in [1.29, 1.82) is 0 Å². The van der Waals surface area contributed by atoms with Crippen molar-refractivity contribution in [2.75, 3.05) is 20.3 Å². The largest absolute Gasteiger partial charge is 0.385 e.